The Kier molecular flexibility index (Phi) is 12.4. The number of amides is 1. The lowest BCUT2D eigenvalue weighted by Gasteiger charge is -2.36. The predicted octanol–water partition coefficient (Wildman–Crippen LogP) is 7.01. The summed E-state index contributed by atoms with van der Waals surface area (Å²) >= 11 is 1.25. The number of aliphatic hydroxyl groups is 3. The lowest BCUT2D eigenvalue weighted by Crippen LogP contribution is -2.44. The number of benzene rings is 3. The summed E-state index contributed by atoms with van der Waals surface area (Å²) < 4.78 is 18.8. The van der Waals surface area contributed by atoms with E-state index in [0.29, 0.717) is 10.4 Å². The quantitative estimate of drug-likeness (QED) is 0.0797. The van der Waals surface area contributed by atoms with E-state index in [4.69, 9.17) is 19.2 Å². The van der Waals surface area contributed by atoms with E-state index in [1.165, 1.54) is 25.4 Å². The van der Waals surface area contributed by atoms with Crippen molar-refractivity contribution < 1.29 is 44.2 Å². The van der Waals surface area contributed by atoms with Gasteiger partial charge in [0.05, 0.1) is 62.8 Å². The van der Waals surface area contributed by atoms with Crippen LogP contribution in [0.1, 0.15) is 82.8 Å². The van der Waals surface area contributed by atoms with E-state index < -0.39 is 76.7 Å². The second-order valence-electron chi connectivity index (χ2n) is 16.3. The number of Topliss-reactive ketones (excluding diaryl/α,β-unsaturated/α-hetero) is 1. The van der Waals surface area contributed by atoms with Crippen molar-refractivity contribution in [2.45, 2.75) is 98.4 Å². The number of carbonyl (C=O) groups excluding carboxylic acids is 2. The first-order valence-corrected chi connectivity index (χ1v) is 20.5. The highest BCUT2D eigenvalue weighted by Crippen LogP contribution is 2.51. The van der Waals surface area contributed by atoms with Gasteiger partial charge in [0, 0.05) is 54.2 Å². The first kappa shape index (κ1) is 43.1. The fourth-order valence-corrected chi connectivity index (χ4v) is 9.08. The third-order valence-electron chi connectivity index (χ3n) is 12.0. The number of ketones is 1. The Hall–Kier alpha value is -4.50. The molecule has 13 heteroatoms. The van der Waals surface area contributed by atoms with Gasteiger partial charge in [0.2, 0.25) is 11.2 Å². The Morgan fingerprint density at radius 1 is 0.966 bits per heavy atom. The summed E-state index contributed by atoms with van der Waals surface area (Å²) in [5.41, 5.74) is 1.48. The average molecular weight is 815 g/mol. The van der Waals surface area contributed by atoms with Crippen molar-refractivity contribution in [3.05, 3.63) is 81.1 Å². The number of carbonyl (C=O) groups is 2. The van der Waals surface area contributed by atoms with E-state index >= 15 is 0 Å². The molecule has 1 aliphatic carbocycles. The molecule has 2 aromatic rings. The molecular weight excluding hydrogens is 761 g/mol. The minimum atomic E-state index is -1.87. The van der Waals surface area contributed by atoms with Gasteiger partial charge in [0.25, 0.3) is 11.7 Å². The van der Waals surface area contributed by atoms with Crippen LogP contribution in [0.4, 0.5) is 5.69 Å². The molecule has 0 unspecified atom stereocenters. The SMILES string of the molecule is CO[C@H]1/C=C/CO[C@@]2(C)Oc3c(C)c(O)c4c(=O)c(c5sc6cc(C(C)C)ccc6nc-5c4c3C2=O)NC(=O)/C(C)=C\C=C\[C@H](C)[C@H](O)[C@@H](C)[C@@H](O)[C@@H](C)[C@H](O)[C@@H]1C. The zero-order valence-electron chi connectivity index (χ0n) is 34.6. The number of hydrogen-bond acceptors (Lipinski definition) is 12. The van der Waals surface area contributed by atoms with Crippen molar-refractivity contribution in [1.29, 1.82) is 0 Å². The monoisotopic (exact) mass is 814 g/mol. The van der Waals surface area contributed by atoms with Crippen LogP contribution in [0.5, 0.6) is 11.5 Å². The van der Waals surface area contributed by atoms with Crippen LogP contribution < -0.4 is 15.5 Å². The molecule has 0 spiro atoms. The van der Waals surface area contributed by atoms with Gasteiger partial charge in [-0.25, -0.2) is 4.98 Å². The minimum Gasteiger partial charge on any atom is -0.507 e. The highest BCUT2D eigenvalue weighted by Gasteiger charge is 2.49. The zero-order chi connectivity index (χ0) is 42.5. The molecule has 3 heterocycles. The van der Waals surface area contributed by atoms with Gasteiger partial charge in [-0.3, -0.25) is 14.4 Å². The van der Waals surface area contributed by atoms with Crippen LogP contribution in [-0.2, 0) is 14.3 Å². The summed E-state index contributed by atoms with van der Waals surface area (Å²) in [5, 5.41) is 48.3. The molecule has 310 valence electrons. The number of rotatable bonds is 2. The van der Waals surface area contributed by atoms with Crippen LogP contribution in [0.25, 0.3) is 31.6 Å². The number of aliphatic hydroxyl groups excluding tert-OH is 3. The number of phenols is 1. The summed E-state index contributed by atoms with van der Waals surface area (Å²) in [6.45, 7) is 15.6. The Bertz CT molecular complexity index is 2380. The Morgan fingerprint density at radius 3 is 2.31 bits per heavy atom. The molecule has 0 saturated carbocycles. The van der Waals surface area contributed by atoms with Crippen LogP contribution >= 0.6 is 11.3 Å². The zero-order valence-corrected chi connectivity index (χ0v) is 35.4. The second kappa shape index (κ2) is 16.6. The number of fused-ring (bicyclic) bond motifs is 2. The molecule has 0 aromatic heterocycles. The van der Waals surface area contributed by atoms with Gasteiger partial charge in [0.1, 0.15) is 17.2 Å². The van der Waals surface area contributed by atoms with Crippen molar-refractivity contribution in [3.63, 3.8) is 0 Å². The van der Waals surface area contributed by atoms with E-state index in [9.17, 15) is 34.8 Å². The maximum Gasteiger partial charge on any atom is 0.272 e. The summed E-state index contributed by atoms with van der Waals surface area (Å²) in [5.74, 6) is -5.41. The molecular formula is C45H54N2O10S. The molecule has 0 saturated heterocycles. The number of anilines is 1. The van der Waals surface area contributed by atoms with Gasteiger partial charge in [-0.15, -0.1) is 11.3 Å². The van der Waals surface area contributed by atoms with Gasteiger partial charge in [-0.05, 0) is 37.5 Å². The maximum absolute atomic E-state index is 14.7. The molecule has 4 aliphatic rings. The summed E-state index contributed by atoms with van der Waals surface area (Å²) in [6.07, 6.45) is 4.55. The number of allylic oxidation sites excluding steroid dienone is 2. The number of hydrogen-bond donors (Lipinski definition) is 5. The highest BCUT2D eigenvalue weighted by molar-refractivity contribution is 7.22. The van der Waals surface area contributed by atoms with E-state index in [1.54, 1.807) is 71.9 Å². The maximum atomic E-state index is 14.7. The van der Waals surface area contributed by atoms with Gasteiger partial charge >= 0.3 is 0 Å². The Balaban J connectivity index is 1.57. The predicted molar refractivity (Wildman–Crippen MR) is 226 cm³/mol. The van der Waals surface area contributed by atoms with Crippen LogP contribution in [0, 0.1) is 30.6 Å². The summed E-state index contributed by atoms with van der Waals surface area (Å²) in [4.78, 5) is 48.3. The molecule has 5 N–H and O–H groups in total. The number of methoxy groups -OCH3 is 1. The molecule has 4 bridgehead atoms. The number of nitrogens with zero attached hydrogens (tertiary/aromatic N) is 1. The van der Waals surface area contributed by atoms with Gasteiger partial charge in [-0.1, -0.05) is 78.0 Å². The van der Waals surface area contributed by atoms with E-state index in [0.717, 1.165) is 10.3 Å². The van der Waals surface area contributed by atoms with Crippen LogP contribution in [0.15, 0.2) is 58.9 Å². The first-order valence-electron chi connectivity index (χ1n) is 19.7. The number of phenolic OH excluding ortho intramolecular Hbond substituents is 1. The normalized spacial score (nSPS) is 31.0. The topological polar surface area (TPSA) is 185 Å². The van der Waals surface area contributed by atoms with E-state index in [2.05, 4.69) is 19.2 Å². The summed E-state index contributed by atoms with van der Waals surface area (Å²) in [7, 11) is 1.50. The van der Waals surface area contributed by atoms with Crippen molar-refractivity contribution in [1.82, 2.24) is 4.98 Å². The van der Waals surface area contributed by atoms with Gasteiger partial charge in [-0.2, -0.15) is 0 Å². The van der Waals surface area contributed by atoms with Crippen molar-refractivity contribution in [3.8, 4) is 22.1 Å². The Labute approximate surface area is 342 Å². The molecule has 0 fully saturated rings. The number of ether oxygens (including phenoxy) is 3. The molecule has 3 aliphatic heterocycles. The molecule has 12 nitrogen and oxygen atoms in total. The number of aromatic nitrogens is 1. The van der Waals surface area contributed by atoms with E-state index in [1.807, 2.05) is 18.2 Å². The highest BCUT2D eigenvalue weighted by atomic mass is 32.1. The lowest BCUT2D eigenvalue weighted by atomic mass is 9.78. The molecule has 9 atom stereocenters. The largest absolute Gasteiger partial charge is 0.507 e. The second-order valence-corrected chi connectivity index (χ2v) is 17.4. The van der Waals surface area contributed by atoms with Crippen molar-refractivity contribution >= 4 is 49.7 Å². The van der Waals surface area contributed by atoms with Crippen molar-refractivity contribution in [2.24, 2.45) is 23.7 Å². The third kappa shape index (κ3) is 7.60. The van der Waals surface area contributed by atoms with Crippen LogP contribution in [-0.4, -0.2) is 81.0 Å². The fraction of sp³-hybridized carbons (Fsp3) is 0.467. The molecule has 6 rings (SSSR count). The standard InChI is InChI=1S/C45H54N2O10S/c1-20(2)27-16-17-28-30(19-27)58-42-34(46-28)31-32-39(51)26(8)41-33(31)43(53)45(9,57-41)56-18-12-15-29(55-10)23(5)37(49)25(7)38(50)24(6)36(48)21(3)13-11-14-22(4)44(54)47-35(42)40(32)52/h11-17,19-21,23-25,29,36-38,48-51H,18H2,1-10H3,(H,47,54)/b13-11+,15-12+,22-14-/t21-,23+,24+,25-,29-,36-,37+,38+,45-/m0/s1. The van der Waals surface area contributed by atoms with Crippen LogP contribution in [0.2, 0.25) is 0 Å². The van der Waals surface area contributed by atoms with Crippen LogP contribution in [0.3, 0.4) is 0 Å². The molecule has 0 radical (unpaired) electrons. The molecule has 58 heavy (non-hydrogen) atoms. The first-order chi connectivity index (χ1) is 27.3. The number of nitrogens with one attached hydrogen (secondary N) is 1. The summed E-state index contributed by atoms with van der Waals surface area (Å²) in [6, 6.07) is 5.83. The fourth-order valence-electron chi connectivity index (χ4n) is 7.96. The lowest BCUT2D eigenvalue weighted by molar-refractivity contribution is -0.118. The van der Waals surface area contributed by atoms with Gasteiger partial charge in [0.15, 0.2) is 0 Å². The Morgan fingerprint density at radius 2 is 1.64 bits per heavy atom. The third-order valence-corrected chi connectivity index (χ3v) is 13.1. The van der Waals surface area contributed by atoms with Crippen molar-refractivity contribution in [2.75, 3.05) is 19.0 Å². The van der Waals surface area contributed by atoms with E-state index in [-0.39, 0.29) is 57.1 Å². The molecule has 1 amide bonds. The number of aromatic hydroxyl groups is 1. The smallest absolute Gasteiger partial charge is 0.272 e. The average Bonchev–Trinajstić information content (AvgIpc) is 3.47. The molecule has 2 aromatic carbocycles. The van der Waals surface area contributed by atoms with Gasteiger partial charge < -0.3 is 40.0 Å². The minimum absolute atomic E-state index is 0.0333.